The molecule has 9 heteroatoms. The highest BCUT2D eigenvalue weighted by atomic mass is 32.2. The Morgan fingerprint density at radius 3 is 2.27 bits per heavy atom. The number of carbonyl (C=O) groups is 1. The van der Waals surface area contributed by atoms with Gasteiger partial charge in [0.2, 0.25) is 15.5 Å². The molecule has 2 aromatic rings. The molecule has 1 aromatic heterocycles. The average Bonchev–Trinajstić information content (AvgIpc) is 2.83. The minimum atomic E-state index is -3.75. The predicted molar refractivity (Wildman–Crippen MR) is 152 cm³/mol. The van der Waals surface area contributed by atoms with Gasteiger partial charge in [0, 0.05) is 50.9 Å². The van der Waals surface area contributed by atoms with Gasteiger partial charge < -0.3 is 14.8 Å². The van der Waals surface area contributed by atoms with Gasteiger partial charge in [-0.3, -0.25) is 9.59 Å². The highest BCUT2D eigenvalue weighted by molar-refractivity contribution is 7.89. The van der Waals surface area contributed by atoms with Crippen molar-refractivity contribution in [3.05, 3.63) is 52.8 Å². The number of allylic oxidation sites excluding steroid dienone is 1. The van der Waals surface area contributed by atoms with Gasteiger partial charge in [0.15, 0.2) is 0 Å². The molecule has 1 amide bonds. The number of nitrogens with zero attached hydrogens (tertiary/aromatic N) is 3. The Hall–Kier alpha value is -2.49. The van der Waals surface area contributed by atoms with Crippen LogP contribution in [0, 0.1) is 11.8 Å². The summed E-state index contributed by atoms with van der Waals surface area (Å²) in [5, 5.41) is 3.08. The van der Waals surface area contributed by atoms with Gasteiger partial charge in [-0.25, -0.2) is 8.42 Å². The number of rotatable bonds is 15. The maximum Gasteiger partial charge on any atom is 0.256 e. The maximum absolute atomic E-state index is 13.4. The van der Waals surface area contributed by atoms with Gasteiger partial charge in [0.1, 0.15) is 5.56 Å². The van der Waals surface area contributed by atoms with E-state index in [-0.39, 0.29) is 15.8 Å². The van der Waals surface area contributed by atoms with E-state index in [1.165, 1.54) is 22.6 Å². The lowest BCUT2D eigenvalue weighted by Crippen LogP contribution is -2.35. The Labute approximate surface area is 222 Å². The first-order valence-corrected chi connectivity index (χ1v) is 14.7. The number of sulfonamides is 1. The molecule has 0 aliphatic rings. The van der Waals surface area contributed by atoms with Crippen LogP contribution in [0.5, 0.6) is 0 Å². The van der Waals surface area contributed by atoms with Crippen LogP contribution < -0.4 is 10.7 Å². The van der Waals surface area contributed by atoms with Gasteiger partial charge in [-0.05, 0) is 43.0 Å². The Morgan fingerprint density at radius 1 is 1.11 bits per heavy atom. The summed E-state index contributed by atoms with van der Waals surface area (Å²) >= 11 is 0. The van der Waals surface area contributed by atoms with Crippen molar-refractivity contribution in [2.45, 2.75) is 59.4 Å². The largest absolute Gasteiger partial charge is 0.352 e. The SMILES string of the molecule is C=CCn1cc(C(=O)NCCCN(CC(C)C)CC(C)C)c(=O)c2cc(S(=O)(=O)N(CC)CC)ccc21. The van der Waals surface area contributed by atoms with Gasteiger partial charge in [-0.2, -0.15) is 4.31 Å². The van der Waals surface area contributed by atoms with E-state index in [0.717, 1.165) is 26.1 Å². The summed E-state index contributed by atoms with van der Waals surface area (Å²) in [5.41, 5.74) is 0.0663. The number of carbonyl (C=O) groups excluding carboxylic acids is 1. The standard InChI is InChI=1S/C28H44N4O4S/c1-8-15-31-20-25(28(34)29-14-11-16-30(18-21(4)5)19-22(6)7)27(33)24-17-23(12-13-26(24)31)37(35,36)32(9-2)10-3/h8,12-13,17,20-22H,1,9-11,14-16,18-19H2,2-7H3,(H,29,34). The number of hydrogen-bond acceptors (Lipinski definition) is 5. The molecule has 206 valence electrons. The Bertz CT molecular complexity index is 1220. The molecule has 0 aliphatic heterocycles. The Kier molecular flexibility index (Phi) is 11.5. The molecule has 0 radical (unpaired) electrons. The Morgan fingerprint density at radius 2 is 1.73 bits per heavy atom. The fourth-order valence-corrected chi connectivity index (χ4v) is 6.08. The monoisotopic (exact) mass is 532 g/mol. The number of pyridine rings is 1. The van der Waals surface area contributed by atoms with Gasteiger partial charge in [0.05, 0.1) is 10.4 Å². The molecule has 0 bridgehead atoms. The molecule has 0 fully saturated rings. The van der Waals surface area contributed by atoms with Crippen molar-refractivity contribution in [1.29, 1.82) is 0 Å². The molecule has 2 rings (SSSR count). The lowest BCUT2D eigenvalue weighted by Gasteiger charge is -2.26. The van der Waals surface area contributed by atoms with Gasteiger partial charge >= 0.3 is 0 Å². The smallest absolute Gasteiger partial charge is 0.256 e. The molecule has 8 nitrogen and oxygen atoms in total. The molecular weight excluding hydrogens is 488 g/mol. The van der Waals surface area contributed by atoms with Crippen molar-refractivity contribution < 1.29 is 13.2 Å². The van der Waals surface area contributed by atoms with E-state index in [2.05, 4.69) is 44.5 Å². The van der Waals surface area contributed by atoms with Crippen molar-refractivity contribution in [1.82, 2.24) is 19.1 Å². The summed E-state index contributed by atoms with van der Waals surface area (Å²) in [4.78, 5) is 28.9. The van der Waals surface area contributed by atoms with Crippen molar-refractivity contribution in [2.24, 2.45) is 11.8 Å². The van der Waals surface area contributed by atoms with E-state index in [0.29, 0.717) is 43.5 Å². The molecule has 1 aromatic carbocycles. The molecular formula is C28H44N4O4S. The molecule has 0 atom stereocenters. The second-order valence-electron chi connectivity index (χ2n) is 10.2. The average molecular weight is 533 g/mol. The first kappa shape index (κ1) is 30.7. The van der Waals surface area contributed by atoms with Crippen LogP contribution in [0.2, 0.25) is 0 Å². The molecule has 1 heterocycles. The van der Waals surface area contributed by atoms with Crippen molar-refractivity contribution in [2.75, 3.05) is 39.3 Å². The van der Waals surface area contributed by atoms with Crippen LogP contribution in [0.4, 0.5) is 0 Å². The summed E-state index contributed by atoms with van der Waals surface area (Å²) in [6, 6.07) is 4.52. The van der Waals surface area contributed by atoms with Crippen LogP contribution in [-0.2, 0) is 16.6 Å². The molecule has 1 N–H and O–H groups in total. The topological polar surface area (TPSA) is 91.7 Å². The third-order valence-corrected chi connectivity index (χ3v) is 8.19. The Balaban J connectivity index is 2.33. The third-order valence-electron chi connectivity index (χ3n) is 6.15. The molecule has 0 aliphatic carbocycles. The van der Waals surface area contributed by atoms with E-state index in [9.17, 15) is 18.0 Å². The van der Waals surface area contributed by atoms with Crippen molar-refractivity contribution in [3.8, 4) is 0 Å². The van der Waals surface area contributed by atoms with Gasteiger partial charge in [-0.15, -0.1) is 6.58 Å². The zero-order chi connectivity index (χ0) is 27.8. The second-order valence-corrected chi connectivity index (χ2v) is 12.2. The van der Waals surface area contributed by atoms with Crippen LogP contribution in [0.3, 0.4) is 0 Å². The summed E-state index contributed by atoms with van der Waals surface area (Å²) in [6.45, 7) is 20.4. The minimum absolute atomic E-state index is 0.00652. The summed E-state index contributed by atoms with van der Waals surface area (Å²) in [7, 11) is -3.75. The fourth-order valence-electron chi connectivity index (χ4n) is 4.59. The zero-order valence-corrected chi connectivity index (χ0v) is 24.1. The number of hydrogen-bond donors (Lipinski definition) is 1. The second kappa shape index (κ2) is 13.9. The highest BCUT2D eigenvalue weighted by Gasteiger charge is 2.23. The van der Waals surface area contributed by atoms with E-state index < -0.39 is 21.4 Å². The maximum atomic E-state index is 13.4. The van der Waals surface area contributed by atoms with Crippen molar-refractivity contribution >= 4 is 26.8 Å². The van der Waals surface area contributed by atoms with E-state index >= 15 is 0 Å². The lowest BCUT2D eigenvalue weighted by atomic mass is 10.1. The number of benzene rings is 1. The molecule has 0 saturated carbocycles. The number of amides is 1. The van der Waals surface area contributed by atoms with Crippen LogP contribution in [0.25, 0.3) is 10.9 Å². The van der Waals surface area contributed by atoms with Crippen LogP contribution in [-0.4, -0.2) is 67.4 Å². The quantitative estimate of drug-likeness (QED) is 0.277. The van der Waals surface area contributed by atoms with Gasteiger partial charge in [0.25, 0.3) is 5.91 Å². The first-order valence-electron chi connectivity index (χ1n) is 13.2. The number of aromatic nitrogens is 1. The summed E-state index contributed by atoms with van der Waals surface area (Å²) in [5.74, 6) is 0.662. The normalized spacial score (nSPS) is 12.3. The van der Waals surface area contributed by atoms with E-state index in [4.69, 9.17) is 0 Å². The van der Waals surface area contributed by atoms with Gasteiger partial charge in [-0.1, -0.05) is 47.6 Å². The van der Waals surface area contributed by atoms with E-state index in [1.54, 1.807) is 30.6 Å². The molecule has 0 saturated heterocycles. The summed E-state index contributed by atoms with van der Waals surface area (Å²) in [6.07, 6.45) is 3.97. The molecule has 0 unspecified atom stereocenters. The first-order chi connectivity index (χ1) is 17.5. The lowest BCUT2D eigenvalue weighted by molar-refractivity contribution is 0.0949. The van der Waals surface area contributed by atoms with Crippen LogP contribution in [0.1, 0.15) is 58.3 Å². The minimum Gasteiger partial charge on any atom is -0.352 e. The van der Waals surface area contributed by atoms with Crippen molar-refractivity contribution in [3.63, 3.8) is 0 Å². The predicted octanol–water partition coefficient (Wildman–Crippen LogP) is 3.95. The number of nitrogens with one attached hydrogen (secondary N) is 1. The summed E-state index contributed by atoms with van der Waals surface area (Å²) < 4.78 is 29.2. The van der Waals surface area contributed by atoms with E-state index in [1.807, 2.05) is 0 Å². The van der Waals surface area contributed by atoms with Crippen LogP contribution in [0.15, 0.2) is 46.7 Å². The fraction of sp³-hybridized carbons (Fsp3) is 0.571. The van der Waals surface area contributed by atoms with Crippen LogP contribution >= 0.6 is 0 Å². The number of fused-ring (bicyclic) bond motifs is 1. The molecule has 0 spiro atoms. The third kappa shape index (κ3) is 7.99. The zero-order valence-electron chi connectivity index (χ0n) is 23.3. The highest BCUT2D eigenvalue weighted by Crippen LogP contribution is 2.21. The molecule has 37 heavy (non-hydrogen) atoms.